The van der Waals surface area contributed by atoms with Gasteiger partial charge in [0, 0.05) is 30.7 Å². The van der Waals surface area contributed by atoms with E-state index in [1.165, 1.54) is 12.1 Å². The molecule has 0 aromatic heterocycles. The lowest BCUT2D eigenvalue weighted by atomic mass is 10.1. The number of halogens is 2. The van der Waals surface area contributed by atoms with Crippen LogP contribution in [0.3, 0.4) is 0 Å². The topological polar surface area (TPSA) is 41.3 Å². The number of hydrogen-bond acceptors (Lipinski definition) is 3. The molecular formula is C12H19ClFN3. The number of nitrogens with one attached hydrogen (secondary N) is 1. The van der Waals surface area contributed by atoms with Crippen LogP contribution < -0.4 is 11.1 Å². The summed E-state index contributed by atoms with van der Waals surface area (Å²) in [4.78, 5) is 2.07. The molecule has 0 aliphatic heterocycles. The summed E-state index contributed by atoms with van der Waals surface area (Å²) in [5.41, 5.74) is 6.47. The monoisotopic (exact) mass is 259 g/mol. The van der Waals surface area contributed by atoms with Gasteiger partial charge in [-0.2, -0.15) is 0 Å². The zero-order valence-electron chi connectivity index (χ0n) is 10.2. The van der Waals surface area contributed by atoms with Crippen molar-refractivity contribution in [2.75, 3.05) is 33.7 Å². The van der Waals surface area contributed by atoms with E-state index in [1.54, 1.807) is 6.07 Å². The number of nitrogens with two attached hydrogens (primary N) is 1. The molecule has 0 fully saturated rings. The molecular weight excluding hydrogens is 241 g/mol. The first-order valence-corrected chi connectivity index (χ1v) is 5.95. The van der Waals surface area contributed by atoms with Crippen LogP contribution >= 0.6 is 11.6 Å². The molecule has 0 bridgehead atoms. The van der Waals surface area contributed by atoms with Gasteiger partial charge in [0.2, 0.25) is 0 Å². The number of benzene rings is 1. The Kier molecular flexibility index (Phi) is 5.85. The lowest BCUT2D eigenvalue weighted by Gasteiger charge is -2.19. The minimum atomic E-state index is -0.333. The van der Waals surface area contributed by atoms with E-state index in [0.717, 1.165) is 18.7 Å². The molecule has 0 radical (unpaired) electrons. The van der Waals surface area contributed by atoms with Crippen molar-refractivity contribution in [2.24, 2.45) is 5.73 Å². The SMILES string of the molecule is CN(C)CCNC(CN)c1cc(F)cc(Cl)c1. The largest absolute Gasteiger partial charge is 0.329 e. The third kappa shape index (κ3) is 5.00. The van der Waals surface area contributed by atoms with Crippen molar-refractivity contribution in [3.63, 3.8) is 0 Å². The van der Waals surface area contributed by atoms with Crippen molar-refractivity contribution in [1.29, 1.82) is 0 Å². The minimum absolute atomic E-state index is 0.0665. The Labute approximate surface area is 107 Å². The van der Waals surface area contributed by atoms with E-state index in [2.05, 4.69) is 10.2 Å². The van der Waals surface area contributed by atoms with Gasteiger partial charge >= 0.3 is 0 Å². The van der Waals surface area contributed by atoms with Gasteiger partial charge < -0.3 is 16.0 Å². The average molecular weight is 260 g/mol. The van der Waals surface area contributed by atoms with Crippen molar-refractivity contribution < 1.29 is 4.39 Å². The Morgan fingerprint density at radius 1 is 1.41 bits per heavy atom. The molecule has 0 aliphatic rings. The highest BCUT2D eigenvalue weighted by atomic mass is 35.5. The van der Waals surface area contributed by atoms with E-state index in [4.69, 9.17) is 17.3 Å². The molecule has 0 saturated carbocycles. The molecule has 5 heteroatoms. The third-order valence-electron chi connectivity index (χ3n) is 2.47. The summed E-state index contributed by atoms with van der Waals surface area (Å²) in [6, 6.07) is 4.43. The summed E-state index contributed by atoms with van der Waals surface area (Å²) in [7, 11) is 4.00. The predicted molar refractivity (Wildman–Crippen MR) is 69.8 cm³/mol. The van der Waals surface area contributed by atoms with Crippen LogP contribution in [0.15, 0.2) is 18.2 Å². The second kappa shape index (κ2) is 6.91. The van der Waals surface area contributed by atoms with Gasteiger partial charge in [0.25, 0.3) is 0 Å². The summed E-state index contributed by atoms with van der Waals surface area (Å²) >= 11 is 5.82. The highest BCUT2D eigenvalue weighted by Crippen LogP contribution is 2.19. The lowest BCUT2D eigenvalue weighted by Crippen LogP contribution is -2.33. The van der Waals surface area contributed by atoms with Crippen molar-refractivity contribution in [1.82, 2.24) is 10.2 Å². The maximum atomic E-state index is 13.2. The van der Waals surface area contributed by atoms with Gasteiger partial charge in [-0.3, -0.25) is 0 Å². The molecule has 96 valence electrons. The molecule has 1 rings (SSSR count). The second-order valence-electron chi connectivity index (χ2n) is 4.25. The lowest BCUT2D eigenvalue weighted by molar-refractivity contribution is 0.385. The van der Waals surface area contributed by atoms with Gasteiger partial charge in [-0.25, -0.2) is 4.39 Å². The van der Waals surface area contributed by atoms with Crippen LogP contribution in [0.4, 0.5) is 4.39 Å². The van der Waals surface area contributed by atoms with Gasteiger partial charge in [0.15, 0.2) is 0 Å². The van der Waals surface area contributed by atoms with Crippen LogP contribution in [0.25, 0.3) is 0 Å². The summed E-state index contributed by atoms with van der Waals surface area (Å²) in [5, 5.41) is 3.68. The van der Waals surface area contributed by atoms with Gasteiger partial charge in [0.05, 0.1) is 0 Å². The molecule has 1 unspecified atom stereocenters. The molecule has 1 aromatic rings. The summed E-state index contributed by atoms with van der Waals surface area (Å²) in [5.74, 6) is -0.333. The fourth-order valence-corrected chi connectivity index (χ4v) is 1.81. The first kappa shape index (κ1) is 14.4. The van der Waals surface area contributed by atoms with Crippen molar-refractivity contribution in [3.8, 4) is 0 Å². The van der Waals surface area contributed by atoms with Crippen LogP contribution in [0.5, 0.6) is 0 Å². The van der Waals surface area contributed by atoms with Crippen LogP contribution in [-0.2, 0) is 0 Å². The van der Waals surface area contributed by atoms with Gasteiger partial charge in [0.1, 0.15) is 5.82 Å². The zero-order valence-corrected chi connectivity index (χ0v) is 11.0. The van der Waals surface area contributed by atoms with E-state index < -0.39 is 0 Å². The molecule has 1 atom stereocenters. The van der Waals surface area contributed by atoms with Crippen LogP contribution in [0, 0.1) is 5.82 Å². The quantitative estimate of drug-likeness (QED) is 0.816. The first-order chi connectivity index (χ1) is 8.02. The van der Waals surface area contributed by atoms with E-state index in [0.29, 0.717) is 11.6 Å². The second-order valence-corrected chi connectivity index (χ2v) is 4.68. The molecule has 0 amide bonds. The van der Waals surface area contributed by atoms with Crippen molar-refractivity contribution in [2.45, 2.75) is 6.04 Å². The van der Waals surface area contributed by atoms with Crippen LogP contribution in [-0.4, -0.2) is 38.6 Å². The highest BCUT2D eigenvalue weighted by Gasteiger charge is 2.10. The normalized spacial score (nSPS) is 13.1. The molecule has 17 heavy (non-hydrogen) atoms. The Morgan fingerprint density at radius 3 is 2.65 bits per heavy atom. The van der Waals surface area contributed by atoms with E-state index in [9.17, 15) is 4.39 Å². The third-order valence-corrected chi connectivity index (χ3v) is 2.69. The zero-order chi connectivity index (χ0) is 12.8. The maximum Gasteiger partial charge on any atom is 0.125 e. The summed E-state index contributed by atoms with van der Waals surface area (Å²) in [6.45, 7) is 2.11. The number of hydrogen-bond donors (Lipinski definition) is 2. The number of likely N-dealkylation sites (N-methyl/N-ethyl adjacent to an activating group) is 1. The molecule has 0 spiro atoms. The average Bonchev–Trinajstić information content (AvgIpc) is 2.22. The van der Waals surface area contributed by atoms with Crippen molar-refractivity contribution in [3.05, 3.63) is 34.6 Å². The number of rotatable bonds is 6. The highest BCUT2D eigenvalue weighted by molar-refractivity contribution is 6.30. The minimum Gasteiger partial charge on any atom is -0.329 e. The fraction of sp³-hybridized carbons (Fsp3) is 0.500. The van der Waals surface area contributed by atoms with Gasteiger partial charge in [-0.1, -0.05) is 11.6 Å². The van der Waals surface area contributed by atoms with E-state index in [1.807, 2.05) is 14.1 Å². The maximum absolute atomic E-state index is 13.2. The van der Waals surface area contributed by atoms with Crippen LogP contribution in [0.1, 0.15) is 11.6 Å². The van der Waals surface area contributed by atoms with Crippen molar-refractivity contribution >= 4 is 11.6 Å². The van der Waals surface area contributed by atoms with Gasteiger partial charge in [-0.15, -0.1) is 0 Å². The Hall–Kier alpha value is -0.680. The van der Waals surface area contributed by atoms with Crippen LogP contribution in [0.2, 0.25) is 5.02 Å². The Balaban J connectivity index is 2.65. The molecule has 0 aliphatic carbocycles. The fourth-order valence-electron chi connectivity index (χ4n) is 1.58. The van der Waals surface area contributed by atoms with Gasteiger partial charge in [-0.05, 0) is 37.9 Å². The number of nitrogens with zero attached hydrogens (tertiary/aromatic N) is 1. The Morgan fingerprint density at radius 2 is 2.12 bits per heavy atom. The Bertz CT molecular complexity index is 337. The first-order valence-electron chi connectivity index (χ1n) is 5.57. The summed E-state index contributed by atoms with van der Waals surface area (Å²) < 4.78 is 13.2. The standard InChI is InChI=1S/C12H19ClFN3/c1-17(2)4-3-16-12(8-15)9-5-10(13)7-11(14)6-9/h5-7,12,16H,3-4,8,15H2,1-2H3. The summed E-state index contributed by atoms with van der Waals surface area (Å²) in [6.07, 6.45) is 0. The molecule has 1 aromatic carbocycles. The molecule has 3 N–H and O–H groups in total. The van der Waals surface area contributed by atoms with E-state index in [-0.39, 0.29) is 11.9 Å². The molecule has 0 heterocycles. The molecule has 3 nitrogen and oxygen atoms in total. The van der Waals surface area contributed by atoms with E-state index >= 15 is 0 Å². The molecule has 0 saturated heterocycles. The smallest absolute Gasteiger partial charge is 0.125 e. The predicted octanol–water partition coefficient (Wildman–Crippen LogP) is 1.63.